The van der Waals surface area contributed by atoms with Crippen molar-refractivity contribution in [1.82, 2.24) is 5.32 Å². The molecule has 0 aliphatic rings. The fraction of sp³-hybridized carbons (Fsp3) is 0.300. The maximum atomic E-state index is 12.0. The second kappa shape index (κ2) is 12.7. The van der Waals surface area contributed by atoms with Gasteiger partial charge in [-0.05, 0) is 48.4 Å². The van der Waals surface area contributed by atoms with E-state index in [0.29, 0.717) is 16.3 Å². The van der Waals surface area contributed by atoms with Crippen LogP contribution in [0.4, 0.5) is 4.79 Å². The van der Waals surface area contributed by atoms with Crippen LogP contribution in [0, 0.1) is 0 Å². The summed E-state index contributed by atoms with van der Waals surface area (Å²) >= 11 is 5.90. The molecule has 0 saturated carbocycles. The number of amides is 1. The summed E-state index contributed by atoms with van der Waals surface area (Å²) < 4.78 is 14.9. The van der Waals surface area contributed by atoms with Crippen molar-refractivity contribution in [2.75, 3.05) is 13.9 Å². The predicted molar refractivity (Wildman–Crippen MR) is 109 cm³/mol. The molecule has 0 aliphatic carbocycles. The molecule has 0 radical (unpaired) electrons. The standard InChI is InChI=1S/C20H22ClNO5.Na.H/c1-3-4-18(14-5-9-16(21)10-6-14)22-20(24)27-13-26-19(23)15-7-11-17(25-2)12-8-15;;/h5-12,18H,3-4,13H2,1-2H3,(H,22,24);;. The Morgan fingerprint density at radius 3 is 2.25 bits per heavy atom. The van der Waals surface area contributed by atoms with Crippen LogP contribution in [-0.4, -0.2) is 55.5 Å². The number of halogens is 1. The first-order valence-electron chi connectivity index (χ1n) is 8.53. The molecule has 146 valence electrons. The predicted octanol–water partition coefficient (Wildman–Crippen LogP) is 4.08. The zero-order valence-corrected chi connectivity index (χ0v) is 16.0. The van der Waals surface area contributed by atoms with Gasteiger partial charge in [0.25, 0.3) is 0 Å². The molecule has 0 bridgehead atoms. The molecular formula is C20H23ClNNaO5. The Hall–Kier alpha value is -1.73. The van der Waals surface area contributed by atoms with Crippen molar-refractivity contribution in [2.45, 2.75) is 25.8 Å². The van der Waals surface area contributed by atoms with Crippen molar-refractivity contribution in [1.29, 1.82) is 0 Å². The molecule has 2 aromatic rings. The fourth-order valence-corrected chi connectivity index (χ4v) is 2.56. The molecular weight excluding hydrogens is 393 g/mol. The van der Waals surface area contributed by atoms with E-state index < -0.39 is 18.9 Å². The van der Waals surface area contributed by atoms with Crippen LogP contribution in [-0.2, 0) is 9.47 Å². The third-order valence-electron chi connectivity index (χ3n) is 3.85. The van der Waals surface area contributed by atoms with Gasteiger partial charge in [-0.2, -0.15) is 0 Å². The van der Waals surface area contributed by atoms with E-state index in [4.69, 9.17) is 25.8 Å². The summed E-state index contributed by atoms with van der Waals surface area (Å²) in [5, 5.41) is 3.40. The molecule has 2 rings (SSSR count). The van der Waals surface area contributed by atoms with E-state index in [1.807, 2.05) is 19.1 Å². The van der Waals surface area contributed by atoms with E-state index >= 15 is 0 Å². The van der Waals surface area contributed by atoms with Crippen LogP contribution in [0.1, 0.15) is 41.7 Å². The summed E-state index contributed by atoms with van der Waals surface area (Å²) in [6, 6.07) is 13.5. The van der Waals surface area contributed by atoms with Gasteiger partial charge in [-0.25, -0.2) is 9.59 Å². The van der Waals surface area contributed by atoms with Crippen molar-refractivity contribution in [3.63, 3.8) is 0 Å². The third kappa shape index (κ3) is 7.72. The number of benzene rings is 2. The van der Waals surface area contributed by atoms with Crippen molar-refractivity contribution in [3.8, 4) is 5.75 Å². The Bertz CT molecular complexity index is 752. The van der Waals surface area contributed by atoms with E-state index in [2.05, 4.69) is 5.32 Å². The Morgan fingerprint density at radius 1 is 1.04 bits per heavy atom. The molecule has 1 unspecified atom stereocenters. The summed E-state index contributed by atoms with van der Waals surface area (Å²) in [6.45, 7) is 1.54. The van der Waals surface area contributed by atoms with Gasteiger partial charge in [0, 0.05) is 5.02 Å². The molecule has 1 amide bonds. The van der Waals surface area contributed by atoms with Crippen LogP contribution >= 0.6 is 11.6 Å². The van der Waals surface area contributed by atoms with E-state index in [1.165, 1.54) is 7.11 Å². The number of ether oxygens (including phenoxy) is 3. The summed E-state index contributed by atoms with van der Waals surface area (Å²) in [7, 11) is 1.54. The Labute approximate surface area is 191 Å². The molecule has 0 saturated heterocycles. The van der Waals surface area contributed by atoms with E-state index in [1.54, 1.807) is 36.4 Å². The molecule has 0 spiro atoms. The van der Waals surface area contributed by atoms with Gasteiger partial charge in [0.05, 0.1) is 18.7 Å². The molecule has 8 heteroatoms. The molecule has 0 fully saturated rings. The van der Waals surface area contributed by atoms with E-state index in [0.717, 1.165) is 18.4 Å². The maximum absolute atomic E-state index is 12.0. The van der Waals surface area contributed by atoms with Crippen LogP contribution in [0.5, 0.6) is 5.75 Å². The van der Waals surface area contributed by atoms with Crippen molar-refractivity contribution in [3.05, 3.63) is 64.7 Å². The zero-order chi connectivity index (χ0) is 19.6. The number of alkyl carbamates (subject to hydrolysis) is 1. The van der Waals surface area contributed by atoms with Crippen LogP contribution in [0.15, 0.2) is 48.5 Å². The number of methoxy groups -OCH3 is 1. The number of esters is 1. The number of rotatable bonds is 8. The molecule has 6 nitrogen and oxygen atoms in total. The number of hydrogen-bond acceptors (Lipinski definition) is 5. The zero-order valence-electron chi connectivity index (χ0n) is 15.2. The van der Waals surface area contributed by atoms with Gasteiger partial charge in [0.2, 0.25) is 6.79 Å². The van der Waals surface area contributed by atoms with Crippen molar-refractivity contribution < 1.29 is 23.8 Å². The first-order valence-corrected chi connectivity index (χ1v) is 8.91. The van der Waals surface area contributed by atoms with Crippen LogP contribution in [0.2, 0.25) is 5.02 Å². The molecule has 28 heavy (non-hydrogen) atoms. The molecule has 1 N–H and O–H groups in total. The van der Waals surface area contributed by atoms with Crippen molar-refractivity contribution in [2.24, 2.45) is 0 Å². The molecule has 2 aromatic carbocycles. The number of nitrogens with one attached hydrogen (secondary N) is 1. The number of hydrogen-bond donors (Lipinski definition) is 1. The minimum atomic E-state index is -0.661. The summed E-state index contributed by atoms with van der Waals surface area (Å²) in [5.41, 5.74) is 1.26. The van der Waals surface area contributed by atoms with E-state index in [-0.39, 0.29) is 35.6 Å². The minimum absolute atomic E-state index is 0. The molecule has 0 heterocycles. The summed E-state index contributed by atoms with van der Waals surface area (Å²) in [4.78, 5) is 23.9. The van der Waals surface area contributed by atoms with Crippen LogP contribution in [0.3, 0.4) is 0 Å². The van der Waals surface area contributed by atoms with Crippen LogP contribution < -0.4 is 10.1 Å². The Kier molecular flexibility index (Phi) is 11.0. The van der Waals surface area contributed by atoms with Gasteiger partial charge in [-0.1, -0.05) is 37.1 Å². The van der Waals surface area contributed by atoms with Gasteiger partial charge >= 0.3 is 41.6 Å². The first-order chi connectivity index (χ1) is 13.0. The number of carbonyl (C=O) groups is 2. The molecule has 0 aromatic heterocycles. The van der Waals surface area contributed by atoms with Gasteiger partial charge in [0.15, 0.2) is 0 Å². The topological polar surface area (TPSA) is 73.9 Å². The Morgan fingerprint density at radius 2 is 1.68 bits per heavy atom. The monoisotopic (exact) mass is 415 g/mol. The second-order valence-electron chi connectivity index (χ2n) is 5.75. The van der Waals surface area contributed by atoms with Gasteiger partial charge in [-0.3, -0.25) is 0 Å². The van der Waals surface area contributed by atoms with Gasteiger partial charge in [-0.15, -0.1) is 0 Å². The first kappa shape index (κ1) is 24.3. The van der Waals surface area contributed by atoms with Crippen molar-refractivity contribution >= 4 is 53.2 Å². The van der Waals surface area contributed by atoms with Gasteiger partial charge in [0.1, 0.15) is 5.75 Å². The fourth-order valence-electron chi connectivity index (χ4n) is 2.44. The molecule has 0 aliphatic heterocycles. The second-order valence-corrected chi connectivity index (χ2v) is 6.18. The Balaban J connectivity index is 0.00000392. The summed E-state index contributed by atoms with van der Waals surface area (Å²) in [5.74, 6) is 0.0413. The SMILES string of the molecule is CCCC(NC(=O)OCOC(=O)c1ccc(OC)cc1)c1ccc(Cl)cc1.[NaH]. The summed E-state index contributed by atoms with van der Waals surface area (Å²) in [6.07, 6.45) is 0.952. The quantitative estimate of drug-likeness (QED) is 0.399. The normalized spacial score (nSPS) is 11.0. The number of carbonyl (C=O) groups excluding carboxylic acids is 2. The van der Waals surface area contributed by atoms with Crippen LogP contribution in [0.25, 0.3) is 0 Å². The third-order valence-corrected chi connectivity index (χ3v) is 4.10. The average Bonchev–Trinajstić information content (AvgIpc) is 2.68. The molecule has 1 atom stereocenters. The average molecular weight is 416 g/mol. The van der Waals surface area contributed by atoms with E-state index in [9.17, 15) is 9.59 Å². The van der Waals surface area contributed by atoms with Gasteiger partial charge < -0.3 is 19.5 Å².